The quantitative estimate of drug-likeness (QED) is 0.643. The molecule has 1 atom stereocenters. The van der Waals surface area contributed by atoms with Gasteiger partial charge in [-0.05, 0) is 19.3 Å². The van der Waals surface area contributed by atoms with Crippen molar-refractivity contribution in [1.29, 1.82) is 0 Å². The molecule has 1 rings (SSSR count). The lowest BCUT2D eigenvalue weighted by atomic mass is 10.1. The molecule has 0 amide bonds. The third kappa shape index (κ3) is 2.35. The van der Waals surface area contributed by atoms with Crippen LogP contribution in [0.4, 0.5) is 0 Å². The lowest BCUT2D eigenvalue weighted by molar-refractivity contribution is -0.137. The summed E-state index contributed by atoms with van der Waals surface area (Å²) < 4.78 is 5.24. The van der Waals surface area contributed by atoms with Gasteiger partial charge >= 0.3 is 5.97 Å². The number of carboxylic acid groups (broad SMARTS) is 1. The van der Waals surface area contributed by atoms with E-state index in [0.717, 1.165) is 19.4 Å². The molecule has 1 saturated heterocycles. The number of carboxylic acids is 1. The van der Waals surface area contributed by atoms with Gasteiger partial charge < -0.3 is 9.84 Å². The summed E-state index contributed by atoms with van der Waals surface area (Å²) in [4.78, 5) is 10.1. The Morgan fingerprint density at radius 3 is 3.00 bits per heavy atom. The highest BCUT2D eigenvalue weighted by Crippen LogP contribution is 2.16. The van der Waals surface area contributed by atoms with E-state index in [1.807, 2.05) is 0 Å². The summed E-state index contributed by atoms with van der Waals surface area (Å²) >= 11 is 0. The van der Waals surface area contributed by atoms with E-state index in [-0.39, 0.29) is 12.5 Å². The maximum absolute atomic E-state index is 10.1. The van der Waals surface area contributed by atoms with Crippen LogP contribution >= 0.6 is 0 Å². The number of rotatable bonds is 3. The van der Waals surface area contributed by atoms with Gasteiger partial charge in [0.15, 0.2) is 0 Å². The number of carbonyl (C=O) groups is 1. The van der Waals surface area contributed by atoms with Gasteiger partial charge in [-0.2, -0.15) is 0 Å². The van der Waals surface area contributed by atoms with Crippen LogP contribution in [0.3, 0.4) is 0 Å². The Morgan fingerprint density at radius 2 is 2.50 bits per heavy atom. The first-order valence-electron chi connectivity index (χ1n) is 3.62. The molecule has 0 radical (unpaired) electrons. The molecule has 0 aromatic heterocycles. The molecule has 10 heavy (non-hydrogen) atoms. The zero-order chi connectivity index (χ0) is 7.40. The maximum Gasteiger partial charge on any atom is 0.303 e. The number of hydrogen-bond donors (Lipinski definition) is 1. The summed E-state index contributed by atoms with van der Waals surface area (Å²) in [6.45, 7) is 0.810. The second-order valence-corrected chi connectivity index (χ2v) is 2.57. The third-order valence-corrected chi connectivity index (χ3v) is 1.70. The normalized spacial score (nSPS) is 25.0. The molecule has 0 aliphatic carbocycles. The molecule has 3 nitrogen and oxygen atoms in total. The minimum Gasteiger partial charge on any atom is -0.481 e. The van der Waals surface area contributed by atoms with Gasteiger partial charge in [0.1, 0.15) is 0 Å². The lowest BCUT2D eigenvalue weighted by Gasteiger charge is -2.05. The van der Waals surface area contributed by atoms with Crippen LogP contribution in [0.2, 0.25) is 0 Å². The largest absolute Gasteiger partial charge is 0.481 e. The Bertz CT molecular complexity index is 116. The van der Waals surface area contributed by atoms with Gasteiger partial charge in [-0.1, -0.05) is 0 Å². The van der Waals surface area contributed by atoms with E-state index >= 15 is 0 Å². The van der Waals surface area contributed by atoms with E-state index in [4.69, 9.17) is 9.84 Å². The standard InChI is InChI=1S/C7H12O3/c8-7(9)4-3-6-2-1-5-10-6/h6H,1-5H2,(H,8,9). The van der Waals surface area contributed by atoms with Gasteiger partial charge in [0.05, 0.1) is 6.10 Å². The Labute approximate surface area is 60.0 Å². The molecule has 1 heterocycles. The monoisotopic (exact) mass is 144 g/mol. The molecule has 0 aromatic carbocycles. The van der Waals surface area contributed by atoms with Crippen molar-refractivity contribution in [3.8, 4) is 0 Å². The molecule has 58 valence electrons. The summed E-state index contributed by atoms with van der Waals surface area (Å²) in [7, 11) is 0. The van der Waals surface area contributed by atoms with Gasteiger partial charge in [0.25, 0.3) is 0 Å². The van der Waals surface area contributed by atoms with Crippen LogP contribution in [0.25, 0.3) is 0 Å². The fraction of sp³-hybridized carbons (Fsp3) is 0.857. The second kappa shape index (κ2) is 3.56. The van der Waals surface area contributed by atoms with Gasteiger partial charge in [-0.3, -0.25) is 4.79 Å². The predicted octanol–water partition coefficient (Wildman–Crippen LogP) is 1.03. The lowest BCUT2D eigenvalue weighted by Crippen LogP contribution is -2.07. The predicted molar refractivity (Wildman–Crippen MR) is 35.8 cm³/mol. The van der Waals surface area contributed by atoms with Crippen molar-refractivity contribution in [3.63, 3.8) is 0 Å². The number of ether oxygens (including phenoxy) is 1. The molecular weight excluding hydrogens is 132 g/mol. The minimum absolute atomic E-state index is 0.219. The van der Waals surface area contributed by atoms with E-state index in [1.54, 1.807) is 0 Å². The highest BCUT2D eigenvalue weighted by Gasteiger charge is 2.15. The highest BCUT2D eigenvalue weighted by molar-refractivity contribution is 5.66. The number of hydrogen-bond acceptors (Lipinski definition) is 2. The number of aliphatic carboxylic acids is 1. The van der Waals surface area contributed by atoms with Crippen LogP contribution < -0.4 is 0 Å². The van der Waals surface area contributed by atoms with Crippen LogP contribution in [0.1, 0.15) is 25.7 Å². The first-order valence-corrected chi connectivity index (χ1v) is 3.62. The van der Waals surface area contributed by atoms with Crippen molar-refractivity contribution < 1.29 is 14.6 Å². The maximum atomic E-state index is 10.1. The van der Waals surface area contributed by atoms with Crippen molar-refractivity contribution in [2.24, 2.45) is 0 Å². The molecule has 3 heteroatoms. The van der Waals surface area contributed by atoms with Crippen molar-refractivity contribution in [2.45, 2.75) is 31.8 Å². The minimum atomic E-state index is -0.726. The molecule has 0 spiro atoms. The van der Waals surface area contributed by atoms with E-state index in [9.17, 15) is 4.79 Å². The van der Waals surface area contributed by atoms with Crippen molar-refractivity contribution in [3.05, 3.63) is 0 Å². The topological polar surface area (TPSA) is 46.5 Å². The molecular formula is C7H12O3. The summed E-state index contributed by atoms with van der Waals surface area (Å²) in [5.74, 6) is -0.726. The van der Waals surface area contributed by atoms with E-state index in [0.29, 0.717) is 6.42 Å². The van der Waals surface area contributed by atoms with Gasteiger partial charge in [0.2, 0.25) is 0 Å². The average molecular weight is 144 g/mol. The first-order chi connectivity index (χ1) is 4.79. The SMILES string of the molecule is O=C(O)CCC1CCCO1. The Hall–Kier alpha value is -0.570. The summed E-state index contributed by atoms with van der Waals surface area (Å²) in [5, 5.41) is 8.32. The van der Waals surface area contributed by atoms with Crippen LogP contribution in [0, 0.1) is 0 Å². The van der Waals surface area contributed by atoms with Crippen LogP contribution in [-0.2, 0) is 9.53 Å². The van der Waals surface area contributed by atoms with Gasteiger partial charge in [-0.25, -0.2) is 0 Å². The third-order valence-electron chi connectivity index (χ3n) is 1.70. The molecule has 1 fully saturated rings. The molecule has 0 aromatic rings. The fourth-order valence-corrected chi connectivity index (χ4v) is 1.16. The van der Waals surface area contributed by atoms with Gasteiger partial charge in [0, 0.05) is 13.0 Å². The summed E-state index contributed by atoms with van der Waals surface area (Å²) in [5.41, 5.74) is 0. The Balaban J connectivity index is 2.07. The zero-order valence-electron chi connectivity index (χ0n) is 5.88. The molecule has 1 N–H and O–H groups in total. The van der Waals surface area contributed by atoms with Crippen LogP contribution in [-0.4, -0.2) is 23.8 Å². The van der Waals surface area contributed by atoms with E-state index in [2.05, 4.69) is 0 Å². The average Bonchev–Trinajstić information content (AvgIpc) is 2.34. The summed E-state index contributed by atoms with van der Waals surface area (Å²) in [6, 6.07) is 0. The molecule has 1 aliphatic rings. The summed E-state index contributed by atoms with van der Waals surface area (Å²) in [6.07, 6.45) is 3.26. The van der Waals surface area contributed by atoms with Crippen LogP contribution in [0.15, 0.2) is 0 Å². The van der Waals surface area contributed by atoms with E-state index < -0.39 is 5.97 Å². The zero-order valence-corrected chi connectivity index (χ0v) is 5.88. The fourth-order valence-electron chi connectivity index (χ4n) is 1.16. The second-order valence-electron chi connectivity index (χ2n) is 2.57. The molecule has 0 bridgehead atoms. The first kappa shape index (κ1) is 7.54. The Morgan fingerprint density at radius 1 is 1.70 bits per heavy atom. The van der Waals surface area contributed by atoms with E-state index in [1.165, 1.54) is 0 Å². The molecule has 1 unspecified atom stereocenters. The van der Waals surface area contributed by atoms with Crippen molar-refractivity contribution in [2.75, 3.05) is 6.61 Å². The van der Waals surface area contributed by atoms with Crippen molar-refractivity contribution in [1.82, 2.24) is 0 Å². The Kier molecular flexibility index (Phi) is 2.68. The molecule has 1 aliphatic heterocycles. The highest BCUT2D eigenvalue weighted by atomic mass is 16.5. The van der Waals surface area contributed by atoms with Crippen molar-refractivity contribution >= 4 is 5.97 Å². The smallest absolute Gasteiger partial charge is 0.303 e. The van der Waals surface area contributed by atoms with Gasteiger partial charge in [-0.15, -0.1) is 0 Å². The molecule has 0 saturated carbocycles. The van der Waals surface area contributed by atoms with Crippen LogP contribution in [0.5, 0.6) is 0 Å².